The molecule has 0 bridgehead atoms. The Morgan fingerprint density at radius 1 is 1.19 bits per heavy atom. The predicted octanol–water partition coefficient (Wildman–Crippen LogP) is 4.34. The van der Waals surface area contributed by atoms with Crippen LogP contribution in [-0.2, 0) is 11.3 Å². The molecule has 1 aromatic heterocycles. The van der Waals surface area contributed by atoms with E-state index < -0.39 is 6.04 Å². The zero-order chi connectivity index (χ0) is 18.7. The van der Waals surface area contributed by atoms with Crippen molar-refractivity contribution in [1.29, 1.82) is 0 Å². The summed E-state index contributed by atoms with van der Waals surface area (Å²) >= 11 is 6.19. The molecule has 0 saturated carbocycles. The second kappa shape index (κ2) is 8.23. The van der Waals surface area contributed by atoms with E-state index in [2.05, 4.69) is 27.4 Å². The number of carbonyl (C=O) groups is 1. The van der Waals surface area contributed by atoms with Crippen LogP contribution < -0.4 is 5.32 Å². The van der Waals surface area contributed by atoms with Crippen molar-refractivity contribution >= 4 is 23.2 Å². The second-order valence-electron chi connectivity index (χ2n) is 7.13. The minimum atomic E-state index is -0.422. The van der Waals surface area contributed by atoms with Gasteiger partial charge in [0.15, 0.2) is 0 Å². The van der Waals surface area contributed by atoms with E-state index >= 15 is 0 Å². The molecule has 1 aliphatic heterocycles. The molecule has 1 aromatic carbocycles. The van der Waals surface area contributed by atoms with Gasteiger partial charge in [-0.3, -0.25) is 14.4 Å². The van der Waals surface area contributed by atoms with Gasteiger partial charge in [-0.15, -0.1) is 0 Å². The highest BCUT2D eigenvalue weighted by atomic mass is 35.5. The third kappa shape index (κ3) is 4.27. The number of piperidine rings is 1. The van der Waals surface area contributed by atoms with E-state index in [1.807, 2.05) is 32.9 Å². The molecule has 0 radical (unpaired) electrons. The summed E-state index contributed by atoms with van der Waals surface area (Å²) in [6.45, 7) is 8.89. The van der Waals surface area contributed by atoms with Gasteiger partial charge >= 0.3 is 0 Å². The lowest BCUT2D eigenvalue weighted by Crippen LogP contribution is -2.29. The lowest BCUT2D eigenvalue weighted by molar-refractivity contribution is -0.119. The zero-order valence-electron chi connectivity index (χ0n) is 15.8. The Balaban J connectivity index is 1.61. The van der Waals surface area contributed by atoms with Crippen molar-refractivity contribution in [3.05, 3.63) is 46.2 Å². The van der Waals surface area contributed by atoms with E-state index in [0.29, 0.717) is 5.02 Å². The highest BCUT2D eigenvalue weighted by molar-refractivity contribution is 6.31. The van der Waals surface area contributed by atoms with Crippen LogP contribution in [0.5, 0.6) is 0 Å². The number of nitrogens with zero attached hydrogens (tertiary/aromatic N) is 3. The van der Waals surface area contributed by atoms with E-state index in [1.165, 1.54) is 37.9 Å². The largest absolute Gasteiger partial charge is 0.324 e. The molecule has 5 nitrogen and oxygen atoms in total. The molecular formula is C20H27ClN4O. The summed E-state index contributed by atoms with van der Waals surface area (Å²) in [7, 11) is 0. The van der Waals surface area contributed by atoms with E-state index in [9.17, 15) is 4.79 Å². The molecule has 1 saturated heterocycles. The van der Waals surface area contributed by atoms with Crippen LogP contribution in [0.3, 0.4) is 0 Å². The first-order valence-electron chi connectivity index (χ1n) is 9.29. The fourth-order valence-corrected chi connectivity index (χ4v) is 3.57. The summed E-state index contributed by atoms with van der Waals surface area (Å²) in [5.74, 6) is -0.101. The minimum Gasteiger partial charge on any atom is -0.324 e. The summed E-state index contributed by atoms with van der Waals surface area (Å²) in [4.78, 5) is 15.1. The predicted molar refractivity (Wildman–Crippen MR) is 106 cm³/mol. The van der Waals surface area contributed by atoms with Gasteiger partial charge in [-0.1, -0.05) is 30.2 Å². The van der Waals surface area contributed by atoms with Crippen molar-refractivity contribution in [2.24, 2.45) is 0 Å². The van der Waals surface area contributed by atoms with Gasteiger partial charge in [0.2, 0.25) is 5.91 Å². The molecule has 2 aromatic rings. The van der Waals surface area contributed by atoms with Crippen molar-refractivity contribution in [2.75, 3.05) is 18.4 Å². The van der Waals surface area contributed by atoms with E-state index in [1.54, 1.807) is 4.68 Å². The highest BCUT2D eigenvalue weighted by Crippen LogP contribution is 2.23. The first kappa shape index (κ1) is 18.9. The van der Waals surface area contributed by atoms with Crippen molar-refractivity contribution in [1.82, 2.24) is 14.7 Å². The molecule has 26 heavy (non-hydrogen) atoms. The van der Waals surface area contributed by atoms with Crippen LogP contribution in [0.1, 0.15) is 49.2 Å². The van der Waals surface area contributed by atoms with Crippen LogP contribution in [0, 0.1) is 13.8 Å². The number of amides is 1. The van der Waals surface area contributed by atoms with E-state index in [0.717, 1.165) is 23.6 Å². The summed E-state index contributed by atoms with van der Waals surface area (Å²) < 4.78 is 1.68. The Kier molecular flexibility index (Phi) is 5.99. The molecule has 1 aliphatic rings. The zero-order valence-corrected chi connectivity index (χ0v) is 16.5. The number of halogens is 1. The molecule has 0 spiro atoms. The average Bonchev–Trinajstić information content (AvgIpc) is 2.91. The molecule has 1 amide bonds. The number of nitrogens with one attached hydrogen (secondary N) is 1. The maximum Gasteiger partial charge on any atom is 0.248 e. The Labute approximate surface area is 160 Å². The number of carbonyl (C=O) groups excluding carboxylic acids is 1. The fraction of sp³-hybridized carbons (Fsp3) is 0.500. The topological polar surface area (TPSA) is 50.2 Å². The molecule has 0 aliphatic carbocycles. The first-order valence-corrected chi connectivity index (χ1v) is 9.67. The van der Waals surface area contributed by atoms with Gasteiger partial charge in [-0.25, -0.2) is 0 Å². The smallest absolute Gasteiger partial charge is 0.248 e. The van der Waals surface area contributed by atoms with Gasteiger partial charge in [0.05, 0.1) is 16.4 Å². The lowest BCUT2D eigenvalue weighted by atomic mass is 10.1. The molecular weight excluding hydrogens is 348 g/mol. The molecule has 1 fully saturated rings. The fourth-order valence-electron chi connectivity index (χ4n) is 3.45. The van der Waals surface area contributed by atoms with Gasteiger partial charge in [-0.05, 0) is 64.4 Å². The Bertz CT molecular complexity index is 763. The maximum atomic E-state index is 12.6. The van der Waals surface area contributed by atoms with Crippen LogP contribution in [0.25, 0.3) is 0 Å². The Hall–Kier alpha value is -1.85. The third-order valence-electron chi connectivity index (χ3n) is 5.06. The van der Waals surface area contributed by atoms with Crippen LogP contribution in [0.2, 0.25) is 5.02 Å². The molecule has 1 atom stereocenters. The molecule has 1 N–H and O–H groups in total. The second-order valence-corrected chi connectivity index (χ2v) is 7.51. The summed E-state index contributed by atoms with van der Waals surface area (Å²) in [6.07, 6.45) is 3.94. The number of benzene rings is 1. The Morgan fingerprint density at radius 2 is 1.85 bits per heavy atom. The number of likely N-dealkylation sites (tertiary alicyclic amines) is 1. The number of aryl methyl sites for hydroxylation is 1. The van der Waals surface area contributed by atoms with E-state index in [4.69, 9.17) is 11.6 Å². The van der Waals surface area contributed by atoms with Crippen LogP contribution >= 0.6 is 11.6 Å². The van der Waals surface area contributed by atoms with Gasteiger partial charge in [0.1, 0.15) is 6.04 Å². The molecule has 3 rings (SSSR count). The number of hydrogen-bond donors (Lipinski definition) is 1. The van der Waals surface area contributed by atoms with Crippen LogP contribution in [-0.4, -0.2) is 33.7 Å². The van der Waals surface area contributed by atoms with Crippen molar-refractivity contribution < 1.29 is 4.79 Å². The minimum absolute atomic E-state index is 0.101. The Morgan fingerprint density at radius 3 is 2.42 bits per heavy atom. The van der Waals surface area contributed by atoms with Crippen molar-refractivity contribution in [3.63, 3.8) is 0 Å². The van der Waals surface area contributed by atoms with Gasteiger partial charge in [0, 0.05) is 12.2 Å². The SMILES string of the molecule is Cc1nn(C(C)C(=O)Nc2ccc(CN3CCCCC3)cc2)c(C)c1Cl. The third-order valence-corrected chi connectivity index (χ3v) is 5.61. The van der Waals surface area contributed by atoms with Gasteiger partial charge in [-0.2, -0.15) is 5.10 Å². The van der Waals surface area contributed by atoms with Crippen molar-refractivity contribution in [3.8, 4) is 0 Å². The van der Waals surface area contributed by atoms with Crippen LogP contribution in [0.4, 0.5) is 5.69 Å². The molecule has 6 heteroatoms. The highest BCUT2D eigenvalue weighted by Gasteiger charge is 2.20. The first-order chi connectivity index (χ1) is 12.5. The maximum absolute atomic E-state index is 12.6. The summed E-state index contributed by atoms with van der Waals surface area (Å²) in [5.41, 5.74) is 3.63. The number of anilines is 1. The monoisotopic (exact) mass is 374 g/mol. The number of aromatic nitrogens is 2. The van der Waals surface area contributed by atoms with E-state index in [-0.39, 0.29) is 5.91 Å². The molecule has 1 unspecified atom stereocenters. The number of hydrogen-bond acceptors (Lipinski definition) is 3. The lowest BCUT2D eigenvalue weighted by Gasteiger charge is -2.26. The molecule has 2 heterocycles. The van der Waals surface area contributed by atoms with Crippen LogP contribution in [0.15, 0.2) is 24.3 Å². The van der Waals surface area contributed by atoms with Crippen molar-refractivity contribution in [2.45, 2.75) is 52.6 Å². The van der Waals surface area contributed by atoms with Gasteiger partial charge < -0.3 is 5.32 Å². The molecule has 140 valence electrons. The summed E-state index contributed by atoms with van der Waals surface area (Å²) in [6, 6.07) is 7.70. The standard InChI is InChI=1S/C20H27ClN4O/c1-14-19(21)15(2)25(23-14)16(3)20(26)22-18-9-7-17(8-10-18)13-24-11-5-4-6-12-24/h7-10,16H,4-6,11-13H2,1-3H3,(H,22,26). The summed E-state index contributed by atoms with van der Waals surface area (Å²) in [5, 5.41) is 7.96. The average molecular weight is 375 g/mol. The van der Waals surface area contributed by atoms with Gasteiger partial charge in [0.25, 0.3) is 0 Å². The quantitative estimate of drug-likeness (QED) is 0.846. The number of rotatable bonds is 5. The normalized spacial score (nSPS) is 16.5.